The van der Waals surface area contributed by atoms with Gasteiger partial charge in [0.1, 0.15) is 17.2 Å². The zero-order valence-corrected chi connectivity index (χ0v) is 18.8. The molecule has 4 bridgehead atoms. The summed E-state index contributed by atoms with van der Waals surface area (Å²) in [7, 11) is 0. The van der Waals surface area contributed by atoms with Gasteiger partial charge in [-0.15, -0.1) is 11.3 Å². The molecule has 2 N–H and O–H groups in total. The third kappa shape index (κ3) is 3.25. The van der Waals surface area contributed by atoms with Gasteiger partial charge in [-0.25, -0.2) is 0 Å². The molecule has 0 unspecified atom stereocenters. The molecule has 0 radical (unpaired) electrons. The topological polar surface area (TPSA) is 69.4 Å². The molecule has 5 heteroatoms. The van der Waals surface area contributed by atoms with Gasteiger partial charge in [0.25, 0.3) is 0 Å². The summed E-state index contributed by atoms with van der Waals surface area (Å²) < 4.78 is 7.21. The van der Waals surface area contributed by atoms with Crippen molar-refractivity contribution in [2.24, 2.45) is 23.2 Å². The maximum Gasteiger partial charge on any atom is 0.206 e. The summed E-state index contributed by atoms with van der Waals surface area (Å²) in [5.74, 6) is 2.84. The van der Waals surface area contributed by atoms with Gasteiger partial charge in [0.05, 0.1) is 0 Å². The van der Waals surface area contributed by atoms with E-state index in [0.29, 0.717) is 21.9 Å². The summed E-state index contributed by atoms with van der Waals surface area (Å²) in [5.41, 5.74) is 6.79. The lowest BCUT2D eigenvalue weighted by atomic mass is 9.48. The van der Waals surface area contributed by atoms with Crippen LogP contribution in [0, 0.1) is 23.2 Å². The van der Waals surface area contributed by atoms with E-state index in [4.69, 9.17) is 10.5 Å². The second kappa shape index (κ2) is 7.45. The van der Waals surface area contributed by atoms with Gasteiger partial charge in [-0.2, -0.15) is 0 Å². The van der Waals surface area contributed by atoms with Crippen molar-refractivity contribution in [1.29, 1.82) is 0 Å². The highest BCUT2D eigenvalue weighted by atomic mass is 32.1. The van der Waals surface area contributed by atoms with Crippen molar-refractivity contribution in [2.75, 3.05) is 12.3 Å². The first-order chi connectivity index (χ1) is 15.5. The molecule has 164 valence electrons. The zero-order chi connectivity index (χ0) is 21.9. The van der Waals surface area contributed by atoms with Gasteiger partial charge in [0.2, 0.25) is 5.78 Å². The van der Waals surface area contributed by atoms with E-state index in [1.54, 1.807) is 24.3 Å². The highest BCUT2D eigenvalue weighted by Crippen LogP contribution is 2.60. The van der Waals surface area contributed by atoms with E-state index in [1.807, 2.05) is 24.3 Å². The number of fused-ring (bicyclic) bond motifs is 1. The Morgan fingerprint density at radius 3 is 2.22 bits per heavy atom. The molecule has 4 aliphatic carbocycles. The number of carbonyl (C=O) groups excluding carboxylic acids is 2. The number of carbonyl (C=O) groups is 2. The molecule has 1 heterocycles. The van der Waals surface area contributed by atoms with Crippen molar-refractivity contribution in [3.63, 3.8) is 0 Å². The minimum Gasteiger partial charge on any atom is -0.483 e. The van der Waals surface area contributed by atoms with Gasteiger partial charge in [-0.1, -0.05) is 12.1 Å². The third-order valence-electron chi connectivity index (χ3n) is 7.91. The number of benzene rings is 2. The van der Waals surface area contributed by atoms with Gasteiger partial charge in [-0.3, -0.25) is 9.59 Å². The molecule has 0 atom stereocenters. The first-order valence-electron chi connectivity index (χ1n) is 11.6. The molecule has 4 nitrogen and oxygen atoms in total. The molecule has 32 heavy (non-hydrogen) atoms. The van der Waals surface area contributed by atoms with Crippen LogP contribution in [0.3, 0.4) is 0 Å². The first kappa shape index (κ1) is 20.0. The molecule has 3 aromatic rings. The van der Waals surface area contributed by atoms with Crippen molar-refractivity contribution in [3.05, 3.63) is 59.0 Å². The summed E-state index contributed by atoms with van der Waals surface area (Å²) in [6.07, 6.45) is 7.02. The lowest BCUT2D eigenvalue weighted by Crippen LogP contribution is -2.51. The number of anilines is 1. The molecule has 0 spiro atoms. The number of rotatable bonds is 6. The Hall–Kier alpha value is -2.66. The predicted molar refractivity (Wildman–Crippen MR) is 127 cm³/mol. The van der Waals surface area contributed by atoms with E-state index in [-0.39, 0.29) is 23.6 Å². The van der Waals surface area contributed by atoms with Crippen LogP contribution in [0.25, 0.3) is 10.1 Å². The molecule has 4 aliphatic rings. The number of Topliss-reactive ketones (excluding diaryl/α,β-unsaturated/α-hetero) is 1. The van der Waals surface area contributed by atoms with Crippen LogP contribution in [0.2, 0.25) is 0 Å². The third-order valence-corrected chi connectivity index (χ3v) is 9.06. The highest BCUT2D eigenvalue weighted by molar-refractivity contribution is 7.21. The molecule has 7 rings (SSSR count). The van der Waals surface area contributed by atoms with Crippen molar-refractivity contribution in [3.8, 4) is 5.75 Å². The first-order valence-corrected chi connectivity index (χ1v) is 12.4. The highest BCUT2D eigenvalue weighted by Gasteiger charge is 2.54. The fourth-order valence-electron chi connectivity index (χ4n) is 6.82. The molecule has 4 saturated carbocycles. The Balaban J connectivity index is 1.29. The second-order valence-corrected chi connectivity index (χ2v) is 11.2. The normalized spacial score (nSPS) is 28.2. The quantitative estimate of drug-likeness (QED) is 0.380. The smallest absolute Gasteiger partial charge is 0.206 e. The zero-order valence-electron chi connectivity index (χ0n) is 18.0. The largest absolute Gasteiger partial charge is 0.483 e. The monoisotopic (exact) mass is 445 g/mol. The van der Waals surface area contributed by atoms with Gasteiger partial charge in [0.15, 0.2) is 5.78 Å². The minimum atomic E-state index is -0.193. The van der Waals surface area contributed by atoms with Crippen LogP contribution in [0.15, 0.2) is 48.5 Å². The van der Waals surface area contributed by atoms with Crippen LogP contribution in [0.4, 0.5) is 5.69 Å². The summed E-state index contributed by atoms with van der Waals surface area (Å²) in [4.78, 5) is 27.4. The average Bonchev–Trinajstić information content (AvgIpc) is 3.15. The molecule has 4 fully saturated rings. The Morgan fingerprint density at radius 1 is 0.938 bits per heavy atom. The second-order valence-electron chi connectivity index (χ2n) is 10.1. The summed E-state index contributed by atoms with van der Waals surface area (Å²) in [6.45, 7) is 0.0505. The molecule has 0 amide bonds. The van der Waals surface area contributed by atoms with Crippen LogP contribution in [-0.4, -0.2) is 18.2 Å². The lowest BCUT2D eigenvalue weighted by Gasteiger charge is -2.55. The average molecular weight is 446 g/mol. The predicted octanol–water partition coefficient (Wildman–Crippen LogP) is 5.88. The van der Waals surface area contributed by atoms with Gasteiger partial charge in [0, 0.05) is 26.8 Å². The standard InChI is InChI=1S/C27H27NO3S/c28-20-7-5-19(6-8-20)24(30)26-25(21-3-1-2-4-22(21)32-26)31-15-23(29)27-12-16-9-17(13-27)11-18(10-16)14-27/h1-8,16-18H,9-15,28H2. The summed E-state index contributed by atoms with van der Waals surface area (Å²) in [6, 6.07) is 14.8. The molecule has 0 saturated heterocycles. The number of ether oxygens (including phenoxy) is 1. The maximum absolute atomic E-state index is 13.5. The lowest BCUT2D eigenvalue weighted by molar-refractivity contribution is -0.145. The fourth-order valence-corrected chi connectivity index (χ4v) is 7.93. The Bertz CT molecular complexity index is 1170. The van der Waals surface area contributed by atoms with Crippen molar-refractivity contribution < 1.29 is 14.3 Å². The van der Waals surface area contributed by atoms with Crippen molar-refractivity contribution in [2.45, 2.75) is 38.5 Å². The Kier molecular flexibility index (Phi) is 4.65. The van der Waals surface area contributed by atoms with Crippen LogP contribution in [-0.2, 0) is 4.79 Å². The molecular formula is C27H27NO3S. The van der Waals surface area contributed by atoms with E-state index in [2.05, 4.69) is 0 Å². The van der Waals surface area contributed by atoms with E-state index >= 15 is 0 Å². The van der Waals surface area contributed by atoms with E-state index < -0.39 is 0 Å². The number of thiophene rings is 1. The summed E-state index contributed by atoms with van der Waals surface area (Å²) in [5, 5.41) is 0.898. The van der Waals surface area contributed by atoms with Gasteiger partial charge in [-0.05, 0) is 92.7 Å². The van der Waals surface area contributed by atoms with E-state index in [9.17, 15) is 9.59 Å². The molecule has 2 aromatic carbocycles. The van der Waals surface area contributed by atoms with E-state index in [0.717, 1.165) is 47.1 Å². The maximum atomic E-state index is 13.5. The van der Waals surface area contributed by atoms with Crippen LogP contribution in [0.1, 0.15) is 53.8 Å². The molecule has 1 aromatic heterocycles. The summed E-state index contributed by atoms with van der Waals surface area (Å²) >= 11 is 1.43. The SMILES string of the molecule is Nc1ccc(C(=O)c2sc3ccccc3c2OCC(=O)C23CC4CC(CC(C4)C2)C3)cc1. The number of nitrogen functional groups attached to an aromatic ring is 1. The number of hydrogen-bond acceptors (Lipinski definition) is 5. The minimum absolute atomic E-state index is 0.0505. The van der Waals surface area contributed by atoms with Crippen LogP contribution >= 0.6 is 11.3 Å². The number of ketones is 2. The van der Waals surface area contributed by atoms with Crippen LogP contribution < -0.4 is 10.5 Å². The molecule has 0 aliphatic heterocycles. The Morgan fingerprint density at radius 2 is 1.56 bits per heavy atom. The van der Waals surface area contributed by atoms with Gasteiger partial charge < -0.3 is 10.5 Å². The van der Waals surface area contributed by atoms with Crippen molar-refractivity contribution >= 4 is 38.7 Å². The van der Waals surface area contributed by atoms with Crippen LogP contribution in [0.5, 0.6) is 5.75 Å². The van der Waals surface area contributed by atoms with E-state index in [1.165, 1.54) is 30.6 Å². The van der Waals surface area contributed by atoms with Crippen molar-refractivity contribution in [1.82, 2.24) is 0 Å². The van der Waals surface area contributed by atoms with Gasteiger partial charge >= 0.3 is 0 Å². The molecular weight excluding hydrogens is 418 g/mol. The Labute approximate surface area is 191 Å². The fraction of sp³-hybridized carbons (Fsp3) is 0.407. The number of nitrogens with two attached hydrogens (primary N) is 1. The number of hydrogen-bond donors (Lipinski definition) is 1.